The number of rotatable bonds is 7. The SMILES string of the molecule is CC(=O)O[C@H]1CC[C@@]2(C)[C@@H](C[C@@H](OC(C)=O)[C@@H]3[C@]24O[C@H]4C[C@]2(C)[C@@H]([C@H](C)CCCC(C)C)CC[C@@]32C)C1(C)C. The molecule has 11 atom stereocenters. The molecule has 222 valence electrons. The summed E-state index contributed by atoms with van der Waals surface area (Å²) in [4.78, 5) is 24.6. The third kappa shape index (κ3) is 4.08. The normalized spacial score (nSPS) is 48.3. The summed E-state index contributed by atoms with van der Waals surface area (Å²) in [5.74, 6) is 2.18. The zero-order valence-corrected chi connectivity index (χ0v) is 26.5. The van der Waals surface area contributed by atoms with E-state index in [0.717, 1.165) is 31.6 Å². The van der Waals surface area contributed by atoms with Crippen LogP contribution >= 0.6 is 0 Å². The van der Waals surface area contributed by atoms with Gasteiger partial charge in [0.25, 0.3) is 0 Å². The maximum Gasteiger partial charge on any atom is 0.302 e. The first-order valence-corrected chi connectivity index (χ1v) is 16.1. The second-order valence-corrected chi connectivity index (χ2v) is 16.2. The Morgan fingerprint density at radius 3 is 2.13 bits per heavy atom. The predicted octanol–water partition coefficient (Wildman–Crippen LogP) is 7.74. The first-order valence-electron chi connectivity index (χ1n) is 16.1. The van der Waals surface area contributed by atoms with Gasteiger partial charge in [-0.2, -0.15) is 0 Å². The van der Waals surface area contributed by atoms with Crippen LogP contribution in [0, 0.1) is 51.2 Å². The Morgan fingerprint density at radius 1 is 0.872 bits per heavy atom. The molecular weight excluding hydrogens is 488 g/mol. The smallest absolute Gasteiger partial charge is 0.302 e. The van der Waals surface area contributed by atoms with Gasteiger partial charge in [0.1, 0.15) is 17.8 Å². The number of epoxide rings is 1. The summed E-state index contributed by atoms with van der Waals surface area (Å²) in [5.41, 5.74) is -0.297. The Balaban J connectivity index is 1.52. The van der Waals surface area contributed by atoms with Gasteiger partial charge in [0, 0.05) is 30.6 Å². The topological polar surface area (TPSA) is 65.1 Å². The summed E-state index contributed by atoms with van der Waals surface area (Å²) in [6.45, 7) is 22.3. The molecule has 39 heavy (non-hydrogen) atoms. The standard InChI is InChI=1S/C34H56O5/c1-20(2)12-11-13-21(3)24-14-16-32(9)29-25(37-22(4)35)18-26-30(6,7)27(38-23(5)36)15-17-31(26,8)34(29)28(39-34)19-33(24,32)10/h20-21,24-29H,11-19H2,1-10H3/t21-,24-,25-,26+,27+,28+,29+,31+,32+,33-,34+/m1/s1. The van der Waals surface area contributed by atoms with E-state index in [4.69, 9.17) is 14.2 Å². The molecule has 0 aromatic heterocycles. The lowest BCUT2D eigenvalue weighted by Crippen LogP contribution is -2.70. The second kappa shape index (κ2) is 9.46. The molecular formula is C34H56O5. The Kier molecular flexibility index (Phi) is 7.13. The zero-order chi connectivity index (χ0) is 28.8. The van der Waals surface area contributed by atoms with Gasteiger partial charge in [0.05, 0.1) is 6.10 Å². The fraction of sp³-hybridized carbons (Fsp3) is 0.941. The summed E-state index contributed by atoms with van der Waals surface area (Å²) in [5, 5.41) is 0. The van der Waals surface area contributed by atoms with Gasteiger partial charge in [-0.1, -0.05) is 74.7 Å². The summed E-state index contributed by atoms with van der Waals surface area (Å²) in [7, 11) is 0. The van der Waals surface area contributed by atoms with E-state index in [2.05, 4.69) is 55.4 Å². The highest BCUT2D eigenvalue weighted by Gasteiger charge is 2.85. The largest absolute Gasteiger partial charge is 0.462 e. The molecule has 5 fully saturated rings. The Hall–Kier alpha value is -1.10. The minimum Gasteiger partial charge on any atom is -0.462 e. The van der Waals surface area contributed by atoms with E-state index in [1.54, 1.807) is 6.92 Å². The van der Waals surface area contributed by atoms with Crippen molar-refractivity contribution < 1.29 is 23.8 Å². The summed E-state index contributed by atoms with van der Waals surface area (Å²) < 4.78 is 19.3. The fourth-order valence-electron chi connectivity index (χ4n) is 11.6. The molecule has 1 saturated heterocycles. The van der Waals surface area contributed by atoms with Crippen LogP contribution in [0.1, 0.15) is 127 Å². The molecule has 0 bridgehead atoms. The van der Waals surface area contributed by atoms with E-state index < -0.39 is 0 Å². The van der Waals surface area contributed by atoms with Crippen molar-refractivity contribution in [2.45, 2.75) is 151 Å². The number of hydrogen-bond acceptors (Lipinski definition) is 5. The zero-order valence-electron chi connectivity index (χ0n) is 26.5. The van der Waals surface area contributed by atoms with E-state index in [1.807, 2.05) is 0 Å². The Labute approximate surface area is 237 Å². The van der Waals surface area contributed by atoms with Gasteiger partial charge in [0.15, 0.2) is 0 Å². The molecule has 1 aliphatic heterocycles. The van der Waals surface area contributed by atoms with E-state index in [9.17, 15) is 9.59 Å². The third-order valence-electron chi connectivity index (χ3n) is 13.5. The van der Waals surface area contributed by atoms with Crippen molar-refractivity contribution in [3.63, 3.8) is 0 Å². The average Bonchev–Trinajstić information content (AvgIpc) is 3.44. The molecule has 5 heteroatoms. The van der Waals surface area contributed by atoms with E-state index >= 15 is 0 Å². The van der Waals surface area contributed by atoms with Crippen LogP contribution in [0.2, 0.25) is 0 Å². The number of carbonyl (C=O) groups is 2. The molecule has 5 rings (SSSR count). The van der Waals surface area contributed by atoms with Crippen molar-refractivity contribution in [3.05, 3.63) is 0 Å². The van der Waals surface area contributed by atoms with Crippen LogP contribution in [0.25, 0.3) is 0 Å². The van der Waals surface area contributed by atoms with Gasteiger partial charge in [-0.25, -0.2) is 0 Å². The molecule has 4 saturated carbocycles. The lowest BCUT2D eigenvalue weighted by Gasteiger charge is -2.67. The maximum atomic E-state index is 12.6. The molecule has 0 aromatic carbocycles. The molecule has 4 aliphatic carbocycles. The number of carbonyl (C=O) groups excluding carboxylic acids is 2. The van der Waals surface area contributed by atoms with Gasteiger partial charge in [-0.15, -0.1) is 0 Å². The van der Waals surface area contributed by atoms with Crippen molar-refractivity contribution in [1.82, 2.24) is 0 Å². The lowest BCUT2D eigenvalue weighted by atomic mass is 9.37. The fourth-order valence-corrected chi connectivity index (χ4v) is 11.6. The van der Waals surface area contributed by atoms with Gasteiger partial charge >= 0.3 is 11.9 Å². The van der Waals surface area contributed by atoms with E-state index in [1.165, 1.54) is 39.0 Å². The molecule has 0 unspecified atom stereocenters. The molecule has 1 spiro atoms. The molecule has 0 aromatic rings. The van der Waals surface area contributed by atoms with Crippen molar-refractivity contribution in [3.8, 4) is 0 Å². The molecule has 5 nitrogen and oxygen atoms in total. The van der Waals surface area contributed by atoms with Crippen LogP contribution in [0.3, 0.4) is 0 Å². The van der Waals surface area contributed by atoms with Gasteiger partial charge in [-0.3, -0.25) is 9.59 Å². The monoisotopic (exact) mass is 544 g/mol. The molecule has 1 heterocycles. The van der Waals surface area contributed by atoms with Crippen LogP contribution < -0.4 is 0 Å². The highest BCUT2D eigenvalue weighted by molar-refractivity contribution is 5.66. The summed E-state index contributed by atoms with van der Waals surface area (Å²) in [6, 6.07) is 0. The lowest BCUT2D eigenvalue weighted by molar-refractivity contribution is -0.237. The van der Waals surface area contributed by atoms with Crippen LogP contribution in [0.4, 0.5) is 0 Å². The Morgan fingerprint density at radius 2 is 1.51 bits per heavy atom. The quantitative estimate of drug-likeness (QED) is 0.242. The van der Waals surface area contributed by atoms with Gasteiger partial charge < -0.3 is 14.2 Å². The first-order chi connectivity index (χ1) is 18.0. The minimum absolute atomic E-state index is 0.0373. The maximum absolute atomic E-state index is 12.6. The van der Waals surface area contributed by atoms with Crippen molar-refractivity contribution >= 4 is 11.9 Å². The molecule has 0 amide bonds. The van der Waals surface area contributed by atoms with Crippen LogP contribution in [0.15, 0.2) is 0 Å². The Bertz CT molecular complexity index is 988. The number of ether oxygens (including phenoxy) is 3. The van der Waals surface area contributed by atoms with Crippen molar-refractivity contribution in [2.24, 2.45) is 51.2 Å². The number of esters is 2. The summed E-state index contributed by atoms with van der Waals surface area (Å²) >= 11 is 0. The molecule has 0 N–H and O–H groups in total. The number of fused-ring (bicyclic) bond motifs is 3. The molecule has 0 radical (unpaired) electrons. The molecule has 5 aliphatic rings. The minimum atomic E-state index is -0.265. The average molecular weight is 545 g/mol. The highest BCUT2D eigenvalue weighted by Crippen LogP contribution is 2.82. The van der Waals surface area contributed by atoms with Gasteiger partial charge in [-0.05, 0) is 73.0 Å². The van der Waals surface area contributed by atoms with Gasteiger partial charge in [0.2, 0.25) is 0 Å². The summed E-state index contributed by atoms with van der Waals surface area (Å²) in [6.07, 6.45) is 10.1. The van der Waals surface area contributed by atoms with Crippen LogP contribution in [0.5, 0.6) is 0 Å². The van der Waals surface area contributed by atoms with Crippen molar-refractivity contribution in [1.29, 1.82) is 0 Å². The van der Waals surface area contributed by atoms with E-state index in [-0.39, 0.29) is 69.3 Å². The highest BCUT2D eigenvalue weighted by atomic mass is 16.6. The predicted molar refractivity (Wildman–Crippen MR) is 153 cm³/mol. The first kappa shape index (κ1) is 29.4. The van der Waals surface area contributed by atoms with Crippen molar-refractivity contribution in [2.75, 3.05) is 0 Å². The third-order valence-corrected chi connectivity index (χ3v) is 13.5. The van der Waals surface area contributed by atoms with E-state index in [0.29, 0.717) is 11.8 Å². The van der Waals surface area contributed by atoms with Crippen LogP contribution in [-0.4, -0.2) is 35.9 Å². The van der Waals surface area contributed by atoms with Crippen LogP contribution in [-0.2, 0) is 23.8 Å². The second-order valence-electron chi connectivity index (χ2n) is 16.2. The number of hydrogen-bond donors (Lipinski definition) is 0.